The molecule has 0 saturated heterocycles. The number of aromatic carboxylic acids is 1. The summed E-state index contributed by atoms with van der Waals surface area (Å²) >= 11 is 0. The van der Waals surface area contributed by atoms with Gasteiger partial charge in [-0.15, -0.1) is 0 Å². The lowest BCUT2D eigenvalue weighted by molar-refractivity contribution is 0.0697. The minimum atomic E-state index is -0.983. The zero-order valence-electron chi connectivity index (χ0n) is 8.79. The molecule has 0 amide bonds. The van der Waals surface area contributed by atoms with Crippen LogP contribution in [0.15, 0.2) is 42.5 Å². The van der Waals surface area contributed by atoms with Crippen molar-refractivity contribution in [2.24, 2.45) is 0 Å². The van der Waals surface area contributed by atoms with Gasteiger partial charge in [0.2, 0.25) is 0 Å². The lowest BCUT2D eigenvalue weighted by atomic mass is 10.1. The number of aromatic nitrogens is 1. The molecule has 4 heteroatoms. The van der Waals surface area contributed by atoms with Crippen LogP contribution in [0.1, 0.15) is 16.1 Å². The van der Waals surface area contributed by atoms with Gasteiger partial charge in [0.1, 0.15) is 11.8 Å². The molecule has 0 saturated carbocycles. The molecular weight excluding hydrogens is 216 g/mol. The molecule has 1 N–H and O–H groups in total. The molecule has 0 bridgehead atoms. The fraction of sp³-hybridized carbons (Fsp3) is 0. The van der Waals surface area contributed by atoms with Gasteiger partial charge in [-0.1, -0.05) is 18.2 Å². The predicted octanol–water partition coefficient (Wildman–Crippen LogP) is 2.32. The van der Waals surface area contributed by atoms with Gasteiger partial charge in [0, 0.05) is 5.56 Å². The number of hydrogen-bond acceptors (Lipinski definition) is 3. The second kappa shape index (κ2) is 4.45. The number of carboxylic acids is 1. The summed E-state index contributed by atoms with van der Waals surface area (Å²) in [5.41, 5.74) is 1.78. The predicted molar refractivity (Wildman–Crippen MR) is 61.3 cm³/mol. The van der Waals surface area contributed by atoms with Crippen LogP contribution in [0.2, 0.25) is 0 Å². The van der Waals surface area contributed by atoms with Gasteiger partial charge in [0.15, 0.2) is 0 Å². The summed E-state index contributed by atoms with van der Waals surface area (Å²) in [5.74, 6) is -0.983. The third-order valence-corrected chi connectivity index (χ3v) is 2.27. The molecule has 0 atom stereocenters. The average Bonchev–Trinajstić information content (AvgIpc) is 2.39. The highest BCUT2D eigenvalue weighted by Gasteiger charge is 2.05. The number of carboxylic acid groups (broad SMARTS) is 1. The molecule has 2 rings (SSSR count). The summed E-state index contributed by atoms with van der Waals surface area (Å²) in [7, 11) is 0. The number of benzene rings is 1. The lowest BCUT2D eigenvalue weighted by Crippen LogP contribution is -1.96. The zero-order valence-corrected chi connectivity index (χ0v) is 8.79. The molecule has 1 aromatic heterocycles. The van der Waals surface area contributed by atoms with E-state index < -0.39 is 5.97 Å². The number of carbonyl (C=O) groups is 1. The van der Waals surface area contributed by atoms with Crippen LogP contribution in [0.4, 0.5) is 0 Å². The van der Waals surface area contributed by atoms with Crippen LogP contribution in [0, 0.1) is 11.3 Å². The Labute approximate surface area is 97.8 Å². The highest BCUT2D eigenvalue weighted by Crippen LogP contribution is 2.18. The van der Waals surface area contributed by atoms with E-state index in [1.165, 1.54) is 12.1 Å². The molecule has 0 unspecified atom stereocenters. The number of pyridine rings is 1. The van der Waals surface area contributed by atoms with Crippen LogP contribution in [-0.2, 0) is 0 Å². The molecule has 0 aliphatic heterocycles. The minimum Gasteiger partial charge on any atom is -0.478 e. The zero-order chi connectivity index (χ0) is 12.3. The van der Waals surface area contributed by atoms with E-state index in [-0.39, 0.29) is 5.56 Å². The first-order valence-electron chi connectivity index (χ1n) is 4.91. The Morgan fingerprint density at radius 3 is 2.71 bits per heavy atom. The second-order valence-corrected chi connectivity index (χ2v) is 3.41. The summed E-state index contributed by atoms with van der Waals surface area (Å²) in [6.45, 7) is 0. The third kappa shape index (κ3) is 2.29. The maximum absolute atomic E-state index is 10.8. The van der Waals surface area contributed by atoms with E-state index in [0.29, 0.717) is 17.0 Å². The van der Waals surface area contributed by atoms with Gasteiger partial charge in [0.05, 0.1) is 11.3 Å². The first-order valence-corrected chi connectivity index (χ1v) is 4.91. The van der Waals surface area contributed by atoms with Crippen LogP contribution in [-0.4, -0.2) is 16.1 Å². The molecule has 0 aliphatic carbocycles. The maximum atomic E-state index is 10.8. The van der Waals surface area contributed by atoms with Crippen molar-refractivity contribution in [3.05, 3.63) is 53.7 Å². The fourth-order valence-corrected chi connectivity index (χ4v) is 1.47. The molecule has 0 fully saturated rings. The number of nitrogens with zero attached hydrogens (tertiary/aromatic N) is 2. The quantitative estimate of drug-likeness (QED) is 0.849. The van der Waals surface area contributed by atoms with Gasteiger partial charge >= 0.3 is 5.97 Å². The van der Waals surface area contributed by atoms with E-state index >= 15 is 0 Å². The molecule has 82 valence electrons. The number of rotatable bonds is 2. The van der Waals surface area contributed by atoms with Gasteiger partial charge < -0.3 is 5.11 Å². The van der Waals surface area contributed by atoms with Gasteiger partial charge in [0.25, 0.3) is 0 Å². The Balaban J connectivity index is 2.49. The van der Waals surface area contributed by atoms with E-state index in [4.69, 9.17) is 10.4 Å². The topological polar surface area (TPSA) is 74.0 Å². The Hall–Kier alpha value is -2.67. The van der Waals surface area contributed by atoms with Crippen molar-refractivity contribution in [3.63, 3.8) is 0 Å². The molecule has 1 heterocycles. The number of hydrogen-bond donors (Lipinski definition) is 1. The lowest BCUT2D eigenvalue weighted by Gasteiger charge is -2.02. The number of nitriles is 1. The minimum absolute atomic E-state index is 0.201. The highest BCUT2D eigenvalue weighted by atomic mass is 16.4. The van der Waals surface area contributed by atoms with Crippen molar-refractivity contribution in [1.29, 1.82) is 5.26 Å². The monoisotopic (exact) mass is 224 g/mol. The Morgan fingerprint density at radius 2 is 2.00 bits per heavy atom. The molecule has 0 radical (unpaired) electrons. The molecular formula is C13H8N2O2. The van der Waals surface area contributed by atoms with Crippen LogP contribution in [0.25, 0.3) is 11.3 Å². The first-order chi connectivity index (χ1) is 8.20. The van der Waals surface area contributed by atoms with Crippen LogP contribution >= 0.6 is 0 Å². The van der Waals surface area contributed by atoms with E-state index in [9.17, 15) is 4.79 Å². The van der Waals surface area contributed by atoms with Crippen LogP contribution in [0.3, 0.4) is 0 Å². The van der Waals surface area contributed by atoms with E-state index in [2.05, 4.69) is 4.98 Å². The summed E-state index contributed by atoms with van der Waals surface area (Å²) in [5, 5.41) is 17.6. The summed E-state index contributed by atoms with van der Waals surface area (Å²) in [4.78, 5) is 14.9. The Kier molecular flexibility index (Phi) is 2.84. The van der Waals surface area contributed by atoms with Crippen molar-refractivity contribution in [3.8, 4) is 17.3 Å². The third-order valence-electron chi connectivity index (χ3n) is 2.27. The van der Waals surface area contributed by atoms with Crippen molar-refractivity contribution < 1.29 is 9.90 Å². The van der Waals surface area contributed by atoms with Crippen LogP contribution < -0.4 is 0 Å². The van der Waals surface area contributed by atoms with E-state index in [0.717, 1.165) is 0 Å². The highest BCUT2D eigenvalue weighted by molar-refractivity contribution is 5.89. The van der Waals surface area contributed by atoms with Crippen molar-refractivity contribution in [2.75, 3.05) is 0 Å². The van der Waals surface area contributed by atoms with Crippen molar-refractivity contribution in [2.45, 2.75) is 0 Å². The smallest absolute Gasteiger partial charge is 0.335 e. The Morgan fingerprint density at radius 1 is 1.24 bits per heavy atom. The summed E-state index contributed by atoms with van der Waals surface area (Å²) in [6, 6.07) is 13.5. The standard InChI is InChI=1S/C13H8N2O2/c14-8-11-5-2-6-12(15-11)9-3-1-4-10(7-9)13(16)17/h1-7H,(H,16,17). The fourth-order valence-electron chi connectivity index (χ4n) is 1.47. The van der Waals surface area contributed by atoms with Gasteiger partial charge in [-0.3, -0.25) is 0 Å². The SMILES string of the molecule is N#Cc1cccc(-c2cccc(C(=O)O)c2)n1. The average molecular weight is 224 g/mol. The molecule has 2 aromatic rings. The largest absolute Gasteiger partial charge is 0.478 e. The molecule has 17 heavy (non-hydrogen) atoms. The maximum Gasteiger partial charge on any atom is 0.335 e. The molecule has 1 aromatic carbocycles. The van der Waals surface area contributed by atoms with Gasteiger partial charge in [-0.05, 0) is 24.3 Å². The Bertz CT molecular complexity index is 615. The normalized spacial score (nSPS) is 9.59. The molecule has 0 aliphatic rings. The first kappa shape index (κ1) is 10.8. The van der Waals surface area contributed by atoms with Crippen molar-refractivity contribution in [1.82, 2.24) is 4.98 Å². The second-order valence-electron chi connectivity index (χ2n) is 3.41. The summed E-state index contributed by atoms with van der Waals surface area (Å²) < 4.78 is 0. The molecule has 0 spiro atoms. The van der Waals surface area contributed by atoms with Gasteiger partial charge in [-0.25, -0.2) is 9.78 Å². The summed E-state index contributed by atoms with van der Waals surface area (Å²) in [6.07, 6.45) is 0. The van der Waals surface area contributed by atoms with E-state index in [1.54, 1.807) is 30.3 Å². The van der Waals surface area contributed by atoms with Crippen molar-refractivity contribution >= 4 is 5.97 Å². The van der Waals surface area contributed by atoms with Gasteiger partial charge in [-0.2, -0.15) is 5.26 Å². The van der Waals surface area contributed by atoms with E-state index in [1.807, 2.05) is 6.07 Å². The molecule has 4 nitrogen and oxygen atoms in total. The van der Waals surface area contributed by atoms with Crippen LogP contribution in [0.5, 0.6) is 0 Å².